The number of carbonyl (C=O) groups is 6. The minimum atomic E-state index is -1.08. The van der Waals surface area contributed by atoms with Gasteiger partial charge in [0, 0.05) is 62.9 Å². The predicted octanol–water partition coefficient (Wildman–Crippen LogP) is 3.52. The van der Waals surface area contributed by atoms with Crippen molar-refractivity contribution in [2.45, 2.75) is 40.0 Å². The van der Waals surface area contributed by atoms with E-state index in [0.717, 1.165) is 75.6 Å². The molecule has 0 bridgehead atoms. The van der Waals surface area contributed by atoms with Crippen LogP contribution in [0.15, 0.2) is 122 Å². The van der Waals surface area contributed by atoms with Crippen LogP contribution in [-0.4, -0.2) is 97.2 Å². The molecule has 0 N–H and O–H groups in total. The average molecular weight is 1070 g/mol. The third-order valence-corrected chi connectivity index (χ3v) is 8.75. The molecule has 0 atom stereocenters. The maximum atomic E-state index is 11.5. The number of esters is 4. The number of hydrogen-bond donors (Lipinski definition) is 0. The van der Waals surface area contributed by atoms with Crippen molar-refractivity contribution in [3.8, 4) is 0 Å². The zero-order chi connectivity index (χ0) is 45.6. The van der Waals surface area contributed by atoms with Gasteiger partial charge in [-0.2, -0.15) is 0 Å². The fourth-order valence-corrected chi connectivity index (χ4v) is 5.84. The Hall–Kier alpha value is -6.14. The number of benzene rings is 4. The molecule has 0 saturated carbocycles. The molecule has 18 heteroatoms. The Morgan fingerprint density at radius 2 is 0.547 bits per heavy atom. The summed E-state index contributed by atoms with van der Waals surface area (Å²) in [5.74, 6) is -3.47. The molecule has 0 aliphatic carbocycles. The molecule has 4 aromatic carbocycles. The molecule has 0 fully saturated rings. The van der Waals surface area contributed by atoms with Gasteiger partial charge in [0.05, 0.1) is 64.0 Å². The van der Waals surface area contributed by atoms with Gasteiger partial charge < -0.3 is 58.3 Å². The van der Waals surface area contributed by atoms with Crippen LogP contribution >= 0.6 is 0 Å². The molecule has 0 spiro atoms. The number of carbonyl (C=O) groups excluding carboxylic acids is 6. The fraction of sp³-hybridized carbons (Fsp3) is 0.261. The molecule has 2 aliphatic rings. The second-order valence-electron chi connectivity index (χ2n) is 13.6. The summed E-state index contributed by atoms with van der Waals surface area (Å²) >= 11 is 0. The van der Waals surface area contributed by atoms with Crippen molar-refractivity contribution in [1.82, 2.24) is 19.6 Å². The Morgan fingerprint density at radius 1 is 0.391 bits per heavy atom. The van der Waals surface area contributed by atoms with E-state index in [1.54, 1.807) is 48.5 Å². The van der Waals surface area contributed by atoms with E-state index in [0.29, 0.717) is 22.3 Å². The minimum Gasteiger partial charge on any atom is -0.550 e. The summed E-state index contributed by atoms with van der Waals surface area (Å²) in [5.41, 5.74) is 6.69. The minimum absolute atomic E-state index is 0. The van der Waals surface area contributed by atoms with Crippen molar-refractivity contribution in [3.63, 3.8) is 0 Å². The largest absolute Gasteiger partial charge is 1.00 e. The summed E-state index contributed by atoms with van der Waals surface area (Å²) < 4.78 is 18.9. The normalized spacial score (nSPS) is 11.7. The van der Waals surface area contributed by atoms with Crippen LogP contribution in [0, 0.1) is 0 Å². The average Bonchev–Trinajstić information content (AvgIpc) is 3.91. The molecule has 2 heterocycles. The van der Waals surface area contributed by atoms with Crippen LogP contribution in [-0.2, 0) is 99.5 Å². The first-order chi connectivity index (χ1) is 29.6. The number of carboxylic acid groups (broad SMARTS) is 2. The number of aliphatic carboxylic acids is 2. The topological polar surface area (TPSA) is 198 Å². The predicted molar refractivity (Wildman–Crippen MR) is 223 cm³/mol. The first-order valence-electron chi connectivity index (χ1n) is 19.0. The summed E-state index contributed by atoms with van der Waals surface area (Å²) in [5, 5.41) is 17.8. The van der Waals surface area contributed by atoms with Crippen molar-refractivity contribution < 1.29 is 103 Å². The Labute approximate surface area is 404 Å². The van der Waals surface area contributed by atoms with E-state index in [-0.39, 0.29) is 68.6 Å². The zero-order valence-electron chi connectivity index (χ0n) is 36.1. The van der Waals surface area contributed by atoms with Crippen molar-refractivity contribution >= 4 is 35.8 Å². The smallest absolute Gasteiger partial charge is 0.550 e. The number of methoxy groups -OCH3 is 4. The molecule has 6 rings (SSSR count). The van der Waals surface area contributed by atoms with Gasteiger partial charge in [-0.15, -0.1) is 0 Å². The number of rotatable bonds is 12. The third-order valence-electron chi connectivity index (χ3n) is 8.75. The molecule has 0 unspecified atom stereocenters. The van der Waals surface area contributed by atoms with E-state index < -0.39 is 11.9 Å². The summed E-state index contributed by atoms with van der Waals surface area (Å²) in [7, 11) is 5.51. The van der Waals surface area contributed by atoms with Crippen LogP contribution in [0.4, 0.5) is 0 Å². The number of hydrogen-bond acceptors (Lipinski definition) is 16. The van der Waals surface area contributed by atoms with Crippen LogP contribution in [0.5, 0.6) is 0 Å². The molecule has 2 aliphatic heterocycles. The molecule has 4 aromatic rings. The number of nitrogens with zero attached hydrogens (tertiary/aromatic N) is 4. The van der Waals surface area contributed by atoms with Gasteiger partial charge in [0.2, 0.25) is 0 Å². The Balaban J connectivity index is 0.000000534. The number of carboxylic acids is 2. The summed E-state index contributed by atoms with van der Waals surface area (Å²) in [6.07, 6.45) is 8.21. The van der Waals surface area contributed by atoms with Gasteiger partial charge in [-0.05, 0) is 84.6 Å². The second-order valence-corrected chi connectivity index (χ2v) is 13.6. The van der Waals surface area contributed by atoms with Crippen LogP contribution in [0.3, 0.4) is 0 Å². The standard InChI is InChI=1S/2C21H22N2O4.2C2H4O2.2Ag/c2*1-26-20(24)18-7-3-16(4-8-18)13-22-11-12-23(15-22)14-17-5-9-19(10-6-17)21(25)27-2;2*1-2(3)4;;/h2*3-12H,13-15H2,1-2H3;2*1H3,(H,3,4);;/q;;;;2*+1/p-2. The monoisotopic (exact) mass is 1060 g/mol. The quantitative estimate of drug-likeness (QED) is 0.113. The first kappa shape index (κ1) is 55.9. The molecular weight excluding hydrogens is 1020 g/mol. The molecular formula is C46H50Ag2N4O12. The van der Waals surface area contributed by atoms with Gasteiger partial charge in [-0.25, -0.2) is 19.2 Å². The van der Waals surface area contributed by atoms with Crippen molar-refractivity contribution in [1.29, 1.82) is 0 Å². The van der Waals surface area contributed by atoms with E-state index in [1.165, 1.54) is 28.4 Å². The van der Waals surface area contributed by atoms with Crippen molar-refractivity contribution in [2.75, 3.05) is 41.8 Å². The molecule has 348 valence electrons. The van der Waals surface area contributed by atoms with E-state index in [4.69, 9.17) is 38.7 Å². The van der Waals surface area contributed by atoms with Gasteiger partial charge in [0.25, 0.3) is 0 Å². The summed E-state index contributed by atoms with van der Waals surface area (Å²) in [6.45, 7) is 6.53. The Bertz CT molecular complexity index is 1870. The summed E-state index contributed by atoms with van der Waals surface area (Å²) in [4.78, 5) is 72.5. The van der Waals surface area contributed by atoms with Gasteiger partial charge >= 0.3 is 68.6 Å². The van der Waals surface area contributed by atoms with Gasteiger partial charge in [0.15, 0.2) is 0 Å². The first-order valence-corrected chi connectivity index (χ1v) is 19.0. The van der Waals surface area contributed by atoms with Crippen LogP contribution < -0.4 is 10.2 Å². The van der Waals surface area contributed by atoms with Crippen LogP contribution in [0.1, 0.15) is 77.5 Å². The maximum Gasteiger partial charge on any atom is 1.00 e. The SMILES string of the molecule is CC(=O)[O-].CC(=O)[O-].COC(=O)c1ccc(CN2C=CN(Cc3ccc(C(=O)OC)cc3)C2)cc1.COC(=O)c1ccc(CN2C=CN(Cc3ccc(C(=O)OC)cc3)C2)cc1.[Ag+].[Ag+]. The van der Waals surface area contributed by atoms with Crippen molar-refractivity contribution in [2.24, 2.45) is 0 Å². The fourth-order valence-electron chi connectivity index (χ4n) is 5.84. The van der Waals surface area contributed by atoms with E-state index >= 15 is 0 Å². The maximum absolute atomic E-state index is 11.5. The second kappa shape index (κ2) is 29.3. The van der Waals surface area contributed by atoms with Crippen LogP contribution in [0.2, 0.25) is 0 Å². The zero-order valence-corrected chi connectivity index (χ0v) is 39.0. The van der Waals surface area contributed by atoms with E-state index in [9.17, 15) is 19.2 Å². The van der Waals surface area contributed by atoms with Gasteiger partial charge in [-0.1, -0.05) is 48.5 Å². The molecule has 0 radical (unpaired) electrons. The van der Waals surface area contributed by atoms with E-state index in [1.807, 2.05) is 48.5 Å². The molecule has 16 nitrogen and oxygen atoms in total. The van der Waals surface area contributed by atoms with Crippen molar-refractivity contribution in [3.05, 3.63) is 166 Å². The van der Waals surface area contributed by atoms with E-state index in [2.05, 4.69) is 44.4 Å². The molecule has 0 saturated heterocycles. The number of ether oxygens (including phenoxy) is 4. The molecule has 0 amide bonds. The Morgan fingerprint density at radius 3 is 0.688 bits per heavy atom. The van der Waals surface area contributed by atoms with Gasteiger partial charge in [-0.3, -0.25) is 0 Å². The van der Waals surface area contributed by atoms with Gasteiger partial charge in [0.1, 0.15) is 0 Å². The molecule has 64 heavy (non-hydrogen) atoms. The third kappa shape index (κ3) is 19.9. The summed E-state index contributed by atoms with van der Waals surface area (Å²) in [6, 6.07) is 29.7. The molecule has 0 aromatic heterocycles. The van der Waals surface area contributed by atoms with Crippen LogP contribution in [0.25, 0.3) is 0 Å². The Kier molecular flexibility index (Phi) is 25.6.